The minimum Gasteiger partial charge on any atom is -0.383 e. The Morgan fingerprint density at radius 1 is 1.53 bits per heavy atom. The van der Waals surface area contributed by atoms with Crippen LogP contribution < -0.4 is 10.6 Å². The maximum absolute atomic E-state index is 11.8. The average Bonchev–Trinajstić information content (AvgIpc) is 3.14. The van der Waals surface area contributed by atoms with E-state index in [-0.39, 0.29) is 5.91 Å². The molecule has 0 radical (unpaired) electrons. The van der Waals surface area contributed by atoms with Crippen LogP contribution in [-0.4, -0.2) is 37.2 Å². The summed E-state index contributed by atoms with van der Waals surface area (Å²) in [5.41, 5.74) is 1.44. The van der Waals surface area contributed by atoms with Crippen LogP contribution in [0.25, 0.3) is 0 Å². The Bertz CT molecular complexity index is 391. The predicted octanol–water partition coefficient (Wildman–Crippen LogP) is 1.03. The van der Waals surface area contributed by atoms with Crippen LogP contribution in [0.1, 0.15) is 23.2 Å². The molecule has 1 saturated carbocycles. The third-order valence-corrected chi connectivity index (χ3v) is 2.55. The van der Waals surface area contributed by atoms with Gasteiger partial charge >= 0.3 is 0 Å². The smallest absolute Gasteiger partial charge is 0.253 e. The lowest BCUT2D eigenvalue weighted by Gasteiger charge is -2.07. The molecule has 0 bridgehead atoms. The van der Waals surface area contributed by atoms with Crippen molar-refractivity contribution in [3.63, 3.8) is 0 Å². The van der Waals surface area contributed by atoms with E-state index in [1.807, 2.05) is 0 Å². The maximum Gasteiger partial charge on any atom is 0.253 e. The van der Waals surface area contributed by atoms with E-state index in [4.69, 9.17) is 4.74 Å². The van der Waals surface area contributed by atoms with Crippen molar-refractivity contribution in [3.05, 3.63) is 24.0 Å². The van der Waals surface area contributed by atoms with Crippen molar-refractivity contribution in [1.29, 1.82) is 0 Å². The molecule has 0 unspecified atom stereocenters. The first-order chi connectivity index (χ1) is 8.29. The van der Waals surface area contributed by atoms with Gasteiger partial charge < -0.3 is 15.4 Å². The monoisotopic (exact) mass is 235 g/mol. The lowest BCUT2D eigenvalue weighted by molar-refractivity contribution is 0.0951. The molecule has 92 valence electrons. The summed E-state index contributed by atoms with van der Waals surface area (Å²) in [6.45, 7) is 1.32. The van der Waals surface area contributed by atoms with Crippen LogP contribution in [-0.2, 0) is 4.74 Å². The minimum atomic E-state index is -0.0459. The molecular weight excluding hydrogens is 218 g/mol. The lowest BCUT2D eigenvalue weighted by atomic mass is 10.2. The highest BCUT2D eigenvalue weighted by Crippen LogP contribution is 2.19. The Hall–Kier alpha value is -1.62. The average molecular weight is 235 g/mol. The molecule has 1 aromatic rings. The van der Waals surface area contributed by atoms with Gasteiger partial charge in [-0.05, 0) is 18.9 Å². The molecule has 0 saturated heterocycles. The zero-order valence-electron chi connectivity index (χ0n) is 9.90. The molecule has 1 aliphatic rings. The van der Waals surface area contributed by atoms with Gasteiger partial charge in [0.1, 0.15) is 0 Å². The molecule has 5 heteroatoms. The van der Waals surface area contributed by atoms with Gasteiger partial charge in [-0.1, -0.05) is 0 Å². The van der Waals surface area contributed by atoms with Crippen molar-refractivity contribution in [2.45, 2.75) is 18.9 Å². The molecule has 2 N–H and O–H groups in total. The first-order valence-electron chi connectivity index (χ1n) is 5.78. The number of ether oxygens (including phenoxy) is 1. The lowest BCUT2D eigenvalue weighted by Crippen LogP contribution is -2.25. The highest BCUT2D eigenvalue weighted by Gasteiger charge is 2.23. The summed E-state index contributed by atoms with van der Waals surface area (Å²) in [6, 6.07) is 2.17. The molecule has 1 aromatic heterocycles. The molecule has 1 fully saturated rings. The molecule has 1 heterocycles. The zero-order chi connectivity index (χ0) is 12.1. The van der Waals surface area contributed by atoms with Gasteiger partial charge in [0.05, 0.1) is 17.9 Å². The summed E-state index contributed by atoms with van der Waals surface area (Å²) < 4.78 is 4.94. The number of aromatic nitrogens is 1. The number of rotatable bonds is 6. The van der Waals surface area contributed by atoms with E-state index in [1.54, 1.807) is 25.6 Å². The molecule has 2 rings (SSSR count). The summed E-state index contributed by atoms with van der Waals surface area (Å²) >= 11 is 0. The molecule has 5 nitrogen and oxygen atoms in total. The molecular formula is C12H17N3O2. The van der Waals surface area contributed by atoms with Gasteiger partial charge in [-0.3, -0.25) is 9.78 Å². The normalized spacial score (nSPS) is 14.4. The Kier molecular flexibility index (Phi) is 3.93. The summed E-state index contributed by atoms with van der Waals surface area (Å²) in [7, 11) is 1.65. The Balaban J connectivity index is 1.92. The highest BCUT2D eigenvalue weighted by molar-refractivity contribution is 5.95. The number of hydrogen-bond donors (Lipinski definition) is 2. The fraction of sp³-hybridized carbons (Fsp3) is 0.500. The molecule has 0 aromatic carbocycles. The van der Waals surface area contributed by atoms with E-state index in [2.05, 4.69) is 15.6 Å². The number of nitrogens with one attached hydrogen (secondary N) is 2. The molecule has 0 spiro atoms. The standard InChI is InChI=1S/C12H17N3O2/c1-17-5-4-14-11-6-9(7-13-8-11)12(16)15-10-2-3-10/h6-8,10,14H,2-5H2,1H3,(H,15,16). The largest absolute Gasteiger partial charge is 0.383 e. The van der Waals surface area contributed by atoms with Crippen LogP contribution >= 0.6 is 0 Å². The highest BCUT2D eigenvalue weighted by atomic mass is 16.5. The van der Waals surface area contributed by atoms with Crippen LogP contribution in [0.3, 0.4) is 0 Å². The number of nitrogens with zero attached hydrogens (tertiary/aromatic N) is 1. The van der Waals surface area contributed by atoms with Crippen LogP contribution in [0.15, 0.2) is 18.5 Å². The fourth-order valence-corrected chi connectivity index (χ4v) is 1.45. The van der Waals surface area contributed by atoms with Gasteiger partial charge in [0.15, 0.2) is 0 Å². The van der Waals surface area contributed by atoms with Gasteiger partial charge in [-0.25, -0.2) is 0 Å². The predicted molar refractivity (Wildman–Crippen MR) is 65.1 cm³/mol. The van der Waals surface area contributed by atoms with Gasteiger partial charge in [0.2, 0.25) is 0 Å². The fourth-order valence-electron chi connectivity index (χ4n) is 1.45. The molecule has 1 amide bonds. The zero-order valence-corrected chi connectivity index (χ0v) is 9.90. The summed E-state index contributed by atoms with van der Waals surface area (Å²) in [6.07, 6.45) is 5.46. The minimum absolute atomic E-state index is 0.0459. The van der Waals surface area contributed by atoms with Crippen molar-refractivity contribution >= 4 is 11.6 Å². The number of carbonyl (C=O) groups excluding carboxylic acids is 1. The number of anilines is 1. The molecule has 1 aliphatic carbocycles. The van der Waals surface area contributed by atoms with E-state index in [0.717, 1.165) is 18.5 Å². The van der Waals surface area contributed by atoms with E-state index in [0.29, 0.717) is 24.8 Å². The number of methoxy groups -OCH3 is 1. The van der Waals surface area contributed by atoms with Crippen molar-refractivity contribution in [2.24, 2.45) is 0 Å². The third-order valence-electron chi connectivity index (χ3n) is 2.55. The van der Waals surface area contributed by atoms with Crippen molar-refractivity contribution in [3.8, 4) is 0 Å². The van der Waals surface area contributed by atoms with Crippen LogP contribution in [0, 0.1) is 0 Å². The summed E-state index contributed by atoms with van der Waals surface area (Å²) in [5.74, 6) is -0.0459. The van der Waals surface area contributed by atoms with Crippen LogP contribution in [0.4, 0.5) is 5.69 Å². The first-order valence-corrected chi connectivity index (χ1v) is 5.78. The van der Waals surface area contributed by atoms with E-state index < -0.39 is 0 Å². The molecule has 0 aliphatic heterocycles. The number of pyridine rings is 1. The summed E-state index contributed by atoms with van der Waals surface area (Å²) in [4.78, 5) is 15.8. The second-order valence-electron chi connectivity index (χ2n) is 4.13. The van der Waals surface area contributed by atoms with E-state index >= 15 is 0 Å². The SMILES string of the molecule is COCCNc1cncc(C(=O)NC2CC2)c1. The Morgan fingerprint density at radius 3 is 3.06 bits per heavy atom. The first kappa shape index (κ1) is 11.9. The van der Waals surface area contributed by atoms with E-state index in [1.165, 1.54) is 0 Å². The second-order valence-corrected chi connectivity index (χ2v) is 4.13. The summed E-state index contributed by atoms with van der Waals surface area (Å²) in [5, 5.41) is 6.08. The van der Waals surface area contributed by atoms with Crippen LogP contribution in [0.5, 0.6) is 0 Å². The van der Waals surface area contributed by atoms with Crippen molar-refractivity contribution < 1.29 is 9.53 Å². The Labute approximate surface area is 101 Å². The van der Waals surface area contributed by atoms with Gasteiger partial charge in [-0.15, -0.1) is 0 Å². The second kappa shape index (κ2) is 5.63. The topological polar surface area (TPSA) is 63.2 Å². The van der Waals surface area contributed by atoms with Crippen LogP contribution in [0.2, 0.25) is 0 Å². The van der Waals surface area contributed by atoms with Crippen molar-refractivity contribution in [2.75, 3.05) is 25.6 Å². The number of hydrogen-bond acceptors (Lipinski definition) is 4. The maximum atomic E-state index is 11.8. The third kappa shape index (κ3) is 3.71. The van der Waals surface area contributed by atoms with Crippen molar-refractivity contribution in [1.82, 2.24) is 10.3 Å². The number of carbonyl (C=O) groups is 1. The van der Waals surface area contributed by atoms with Gasteiger partial charge in [0.25, 0.3) is 5.91 Å². The Morgan fingerprint density at radius 2 is 2.35 bits per heavy atom. The number of amides is 1. The molecule has 17 heavy (non-hydrogen) atoms. The molecule has 0 atom stereocenters. The van der Waals surface area contributed by atoms with Gasteiger partial charge in [0, 0.05) is 32.1 Å². The quantitative estimate of drug-likeness (QED) is 0.723. The van der Waals surface area contributed by atoms with Gasteiger partial charge in [-0.2, -0.15) is 0 Å². The van der Waals surface area contributed by atoms with E-state index in [9.17, 15) is 4.79 Å².